The lowest BCUT2D eigenvalue weighted by Crippen LogP contribution is -2.44. The van der Waals surface area contributed by atoms with E-state index in [4.69, 9.17) is 11.6 Å². The largest absolute Gasteiger partial charge is 0.339 e. The van der Waals surface area contributed by atoms with Crippen LogP contribution in [0.5, 0.6) is 0 Å². The molecule has 5 heteroatoms. The number of nitrogens with zero attached hydrogens (tertiary/aromatic N) is 2. The summed E-state index contributed by atoms with van der Waals surface area (Å²) < 4.78 is 0. The van der Waals surface area contributed by atoms with Crippen LogP contribution in [-0.4, -0.2) is 36.3 Å². The van der Waals surface area contributed by atoms with Gasteiger partial charge in [-0.1, -0.05) is 29.8 Å². The van der Waals surface area contributed by atoms with Gasteiger partial charge < -0.3 is 9.80 Å². The number of carbonyl (C=O) groups is 2. The van der Waals surface area contributed by atoms with Crippen molar-refractivity contribution in [3.05, 3.63) is 64.7 Å². The van der Waals surface area contributed by atoms with Crippen LogP contribution in [0.4, 0.5) is 5.69 Å². The van der Waals surface area contributed by atoms with Crippen molar-refractivity contribution in [1.82, 2.24) is 4.90 Å². The fourth-order valence-electron chi connectivity index (χ4n) is 4.27. The maximum atomic E-state index is 13.3. The van der Waals surface area contributed by atoms with Gasteiger partial charge in [0.15, 0.2) is 0 Å². The quantitative estimate of drug-likeness (QED) is 0.746. The molecule has 28 heavy (non-hydrogen) atoms. The summed E-state index contributed by atoms with van der Waals surface area (Å²) in [6, 6.07) is 15.2. The summed E-state index contributed by atoms with van der Waals surface area (Å²) in [5.41, 5.74) is 2.88. The van der Waals surface area contributed by atoms with E-state index in [9.17, 15) is 9.59 Å². The van der Waals surface area contributed by atoms with Crippen LogP contribution in [0.25, 0.3) is 0 Å². The summed E-state index contributed by atoms with van der Waals surface area (Å²) in [4.78, 5) is 29.8. The standard InChI is InChI=1S/C23H25ClN2O2/c24-20-9-10-21-19(16-20)8-4-5-13-26(21)23(28)18-11-14-25(15-12-18)22(27)17-6-2-1-3-7-17/h1-3,6-7,9-10,16,18H,4-5,8,11-15H2. The maximum absolute atomic E-state index is 13.3. The molecule has 0 saturated carbocycles. The minimum atomic E-state index is -0.0264. The van der Waals surface area contributed by atoms with Gasteiger partial charge in [-0.3, -0.25) is 9.59 Å². The Labute approximate surface area is 171 Å². The van der Waals surface area contributed by atoms with E-state index in [2.05, 4.69) is 0 Å². The van der Waals surface area contributed by atoms with E-state index < -0.39 is 0 Å². The van der Waals surface area contributed by atoms with Gasteiger partial charge in [0.1, 0.15) is 0 Å². The van der Waals surface area contributed by atoms with E-state index >= 15 is 0 Å². The second-order valence-electron chi connectivity index (χ2n) is 7.65. The van der Waals surface area contributed by atoms with Crippen molar-refractivity contribution in [2.24, 2.45) is 5.92 Å². The second-order valence-corrected chi connectivity index (χ2v) is 8.09. The number of benzene rings is 2. The highest BCUT2D eigenvalue weighted by molar-refractivity contribution is 6.30. The molecule has 0 aliphatic carbocycles. The van der Waals surface area contributed by atoms with Crippen LogP contribution in [-0.2, 0) is 11.2 Å². The molecule has 0 radical (unpaired) electrons. The van der Waals surface area contributed by atoms with Crippen molar-refractivity contribution in [2.45, 2.75) is 32.1 Å². The number of fused-ring (bicyclic) bond motifs is 1. The Morgan fingerprint density at radius 3 is 2.43 bits per heavy atom. The van der Waals surface area contributed by atoms with Crippen LogP contribution >= 0.6 is 11.6 Å². The predicted octanol–water partition coefficient (Wildman–Crippen LogP) is 4.56. The Balaban J connectivity index is 1.44. The molecule has 2 aromatic rings. The number of likely N-dealkylation sites (tertiary alicyclic amines) is 1. The molecule has 0 spiro atoms. The van der Waals surface area contributed by atoms with Crippen LogP contribution in [0.1, 0.15) is 41.6 Å². The molecule has 0 unspecified atom stereocenters. The van der Waals surface area contributed by atoms with Crippen LogP contribution in [0.2, 0.25) is 5.02 Å². The van der Waals surface area contributed by atoms with E-state index in [0.717, 1.165) is 54.9 Å². The number of amides is 2. The fraction of sp³-hybridized carbons (Fsp3) is 0.391. The van der Waals surface area contributed by atoms with Crippen LogP contribution in [0, 0.1) is 5.92 Å². The number of anilines is 1. The normalized spacial score (nSPS) is 17.8. The number of hydrogen-bond acceptors (Lipinski definition) is 2. The van der Waals surface area contributed by atoms with Gasteiger partial charge in [0.2, 0.25) is 5.91 Å². The molecular weight excluding hydrogens is 372 g/mol. The van der Waals surface area contributed by atoms with Crippen molar-refractivity contribution in [3.63, 3.8) is 0 Å². The second kappa shape index (κ2) is 8.36. The monoisotopic (exact) mass is 396 g/mol. The van der Waals surface area contributed by atoms with Crippen LogP contribution in [0.15, 0.2) is 48.5 Å². The highest BCUT2D eigenvalue weighted by Gasteiger charge is 2.32. The molecule has 2 aliphatic rings. The van der Waals surface area contributed by atoms with E-state index in [1.165, 1.54) is 0 Å². The molecule has 4 rings (SSSR count). The third-order valence-electron chi connectivity index (χ3n) is 5.83. The lowest BCUT2D eigenvalue weighted by atomic mass is 9.94. The Bertz CT molecular complexity index is 860. The lowest BCUT2D eigenvalue weighted by molar-refractivity contribution is -0.123. The average Bonchev–Trinajstić information content (AvgIpc) is 2.95. The van der Waals surface area contributed by atoms with Gasteiger partial charge in [-0.15, -0.1) is 0 Å². The third-order valence-corrected chi connectivity index (χ3v) is 6.06. The van der Waals surface area contributed by atoms with Gasteiger partial charge in [0.25, 0.3) is 5.91 Å². The summed E-state index contributed by atoms with van der Waals surface area (Å²) in [5.74, 6) is 0.222. The number of piperidine rings is 1. The van der Waals surface area contributed by atoms with Crippen molar-refractivity contribution in [2.75, 3.05) is 24.5 Å². The van der Waals surface area contributed by atoms with Gasteiger partial charge in [-0.05, 0) is 68.0 Å². The Morgan fingerprint density at radius 2 is 1.68 bits per heavy atom. The molecule has 4 nitrogen and oxygen atoms in total. The molecule has 2 aliphatic heterocycles. The molecule has 146 valence electrons. The number of carbonyl (C=O) groups excluding carboxylic acids is 2. The summed E-state index contributed by atoms with van der Waals surface area (Å²) in [7, 11) is 0. The number of halogens is 1. The first-order valence-electron chi connectivity index (χ1n) is 10.1. The number of hydrogen-bond donors (Lipinski definition) is 0. The molecule has 2 amide bonds. The van der Waals surface area contributed by atoms with Gasteiger partial charge in [-0.25, -0.2) is 0 Å². The molecule has 2 heterocycles. The zero-order valence-corrected chi connectivity index (χ0v) is 16.7. The molecule has 0 bridgehead atoms. The fourth-order valence-corrected chi connectivity index (χ4v) is 4.46. The minimum Gasteiger partial charge on any atom is -0.339 e. The Kier molecular flexibility index (Phi) is 5.67. The van der Waals surface area contributed by atoms with E-state index in [0.29, 0.717) is 18.7 Å². The first kappa shape index (κ1) is 19.0. The topological polar surface area (TPSA) is 40.6 Å². The molecular formula is C23H25ClN2O2. The zero-order valence-electron chi connectivity index (χ0n) is 15.9. The van der Waals surface area contributed by atoms with Gasteiger partial charge in [-0.2, -0.15) is 0 Å². The van der Waals surface area contributed by atoms with E-state index in [1.54, 1.807) is 0 Å². The van der Waals surface area contributed by atoms with Crippen molar-refractivity contribution >= 4 is 29.1 Å². The minimum absolute atomic E-state index is 0.0264. The molecule has 1 saturated heterocycles. The van der Waals surface area contributed by atoms with Crippen LogP contribution < -0.4 is 4.90 Å². The maximum Gasteiger partial charge on any atom is 0.253 e. The van der Waals surface area contributed by atoms with Crippen molar-refractivity contribution < 1.29 is 9.59 Å². The Morgan fingerprint density at radius 1 is 0.929 bits per heavy atom. The molecule has 0 N–H and O–H groups in total. The molecule has 2 aromatic carbocycles. The number of rotatable bonds is 2. The first-order chi connectivity index (χ1) is 13.6. The highest BCUT2D eigenvalue weighted by Crippen LogP contribution is 2.32. The average molecular weight is 397 g/mol. The molecule has 0 aromatic heterocycles. The van der Waals surface area contributed by atoms with E-state index in [1.807, 2.05) is 58.3 Å². The molecule has 1 fully saturated rings. The highest BCUT2D eigenvalue weighted by atomic mass is 35.5. The van der Waals surface area contributed by atoms with Gasteiger partial charge in [0, 0.05) is 41.8 Å². The van der Waals surface area contributed by atoms with Gasteiger partial charge >= 0.3 is 0 Å². The molecule has 0 atom stereocenters. The summed E-state index contributed by atoms with van der Waals surface area (Å²) >= 11 is 6.16. The Hall–Kier alpha value is -2.33. The lowest BCUT2D eigenvalue weighted by Gasteiger charge is -2.34. The summed E-state index contributed by atoms with van der Waals surface area (Å²) in [6.45, 7) is 2.02. The van der Waals surface area contributed by atoms with E-state index in [-0.39, 0.29) is 17.7 Å². The smallest absolute Gasteiger partial charge is 0.253 e. The van der Waals surface area contributed by atoms with Gasteiger partial charge in [0.05, 0.1) is 0 Å². The number of aryl methyl sites for hydroxylation is 1. The first-order valence-corrected chi connectivity index (χ1v) is 10.5. The predicted molar refractivity (Wildman–Crippen MR) is 112 cm³/mol. The van der Waals surface area contributed by atoms with Crippen molar-refractivity contribution in [1.29, 1.82) is 0 Å². The zero-order chi connectivity index (χ0) is 19.5. The van der Waals surface area contributed by atoms with Crippen molar-refractivity contribution in [3.8, 4) is 0 Å². The third kappa shape index (κ3) is 3.93. The summed E-state index contributed by atoms with van der Waals surface area (Å²) in [6.07, 6.45) is 4.47. The van der Waals surface area contributed by atoms with Crippen LogP contribution in [0.3, 0.4) is 0 Å². The SMILES string of the molecule is O=C(c1ccccc1)N1CCC(C(=O)N2CCCCc3cc(Cl)ccc32)CC1. The summed E-state index contributed by atoms with van der Waals surface area (Å²) in [5, 5.41) is 0.723.